The van der Waals surface area contributed by atoms with Gasteiger partial charge in [-0.25, -0.2) is 0 Å². The van der Waals surface area contributed by atoms with Crippen LogP contribution in [-0.2, 0) is 0 Å². The predicted octanol–water partition coefficient (Wildman–Crippen LogP) is 3.43. The fourth-order valence-corrected chi connectivity index (χ4v) is 2.36. The largest absolute Gasteiger partial charge is 0.360 e. The molecule has 116 valence electrons. The van der Waals surface area contributed by atoms with E-state index in [4.69, 9.17) is 4.52 Å². The van der Waals surface area contributed by atoms with Crippen LogP contribution in [0.2, 0.25) is 0 Å². The average Bonchev–Trinajstić information content (AvgIpc) is 2.98. The predicted molar refractivity (Wildman–Crippen MR) is 89.0 cm³/mol. The molecule has 1 N–H and O–H groups in total. The summed E-state index contributed by atoms with van der Waals surface area (Å²) in [5.41, 5.74) is 5.56. The van der Waals surface area contributed by atoms with Crippen LogP contribution in [0.15, 0.2) is 65.2 Å². The third-order valence-corrected chi connectivity index (χ3v) is 3.55. The molecule has 0 saturated carbocycles. The summed E-state index contributed by atoms with van der Waals surface area (Å²) in [5.74, 6) is 0.233. The number of aromatic nitrogens is 1. The second-order valence-corrected chi connectivity index (χ2v) is 5.16. The molecule has 0 fully saturated rings. The normalized spacial score (nSPS) is 10.3. The number of hydrazine groups is 1. The lowest BCUT2D eigenvalue weighted by Gasteiger charge is -2.20. The van der Waals surface area contributed by atoms with Crippen molar-refractivity contribution in [3.8, 4) is 11.3 Å². The zero-order chi connectivity index (χ0) is 16.2. The molecule has 0 bridgehead atoms. The fraction of sp³-hybridized carbons (Fsp3) is 0.111. The molecule has 1 heterocycles. The molecule has 2 aromatic carbocycles. The van der Waals surface area contributed by atoms with E-state index in [1.807, 2.05) is 60.7 Å². The topological polar surface area (TPSA) is 58.4 Å². The molecule has 1 amide bonds. The van der Waals surface area contributed by atoms with Crippen molar-refractivity contribution in [3.05, 3.63) is 72.0 Å². The van der Waals surface area contributed by atoms with Gasteiger partial charge in [0.25, 0.3) is 5.91 Å². The molecule has 3 aromatic rings. The second-order valence-electron chi connectivity index (χ2n) is 5.16. The number of benzene rings is 2. The van der Waals surface area contributed by atoms with Gasteiger partial charge in [0.05, 0.1) is 5.69 Å². The van der Waals surface area contributed by atoms with E-state index in [0.717, 1.165) is 11.3 Å². The van der Waals surface area contributed by atoms with Gasteiger partial charge >= 0.3 is 0 Å². The highest BCUT2D eigenvalue weighted by Gasteiger charge is 2.22. The number of amides is 1. The first kappa shape index (κ1) is 14.8. The van der Waals surface area contributed by atoms with Crippen LogP contribution in [0.3, 0.4) is 0 Å². The lowest BCUT2D eigenvalue weighted by atomic mass is 10.1. The smallest absolute Gasteiger partial charge is 0.275 e. The van der Waals surface area contributed by atoms with Gasteiger partial charge in [-0.05, 0) is 19.1 Å². The number of nitrogens with zero attached hydrogens (tertiary/aromatic N) is 2. The van der Waals surface area contributed by atoms with Crippen molar-refractivity contribution >= 4 is 11.6 Å². The average molecular weight is 307 g/mol. The molecule has 0 radical (unpaired) electrons. The number of hydrogen-bond acceptors (Lipinski definition) is 4. The monoisotopic (exact) mass is 307 g/mol. The molecule has 0 saturated heterocycles. The van der Waals surface area contributed by atoms with Gasteiger partial charge in [0.2, 0.25) is 0 Å². The maximum atomic E-state index is 12.7. The summed E-state index contributed by atoms with van der Waals surface area (Å²) in [6, 6.07) is 19.1. The summed E-state index contributed by atoms with van der Waals surface area (Å²) in [5, 5.41) is 5.70. The van der Waals surface area contributed by atoms with E-state index in [0.29, 0.717) is 17.0 Å². The van der Waals surface area contributed by atoms with Gasteiger partial charge in [-0.2, -0.15) is 0 Å². The van der Waals surface area contributed by atoms with E-state index >= 15 is 0 Å². The van der Waals surface area contributed by atoms with Crippen LogP contribution >= 0.6 is 0 Å². The van der Waals surface area contributed by atoms with Crippen LogP contribution in [0.1, 0.15) is 16.1 Å². The number of anilines is 1. The second kappa shape index (κ2) is 6.36. The minimum absolute atomic E-state index is 0.256. The zero-order valence-corrected chi connectivity index (χ0v) is 13.0. The number of hydrogen-bond donors (Lipinski definition) is 1. The number of aryl methyl sites for hydroxylation is 1. The minimum atomic E-state index is -0.256. The van der Waals surface area contributed by atoms with E-state index < -0.39 is 0 Å². The molecule has 0 aliphatic heterocycles. The highest BCUT2D eigenvalue weighted by atomic mass is 16.5. The lowest BCUT2D eigenvalue weighted by molar-refractivity contribution is 0.0950. The Morgan fingerprint density at radius 1 is 1.04 bits per heavy atom. The van der Waals surface area contributed by atoms with Crippen molar-refractivity contribution in [2.45, 2.75) is 6.92 Å². The van der Waals surface area contributed by atoms with Gasteiger partial charge < -0.3 is 4.52 Å². The number of rotatable bonds is 4. The standard InChI is InChI=1S/C18H17N3O2/c1-13-16(17(20-23-13)14-9-5-3-6-10-14)18(22)19-21(2)15-11-7-4-8-12-15/h3-12H,1-2H3,(H,19,22). The van der Waals surface area contributed by atoms with E-state index in [-0.39, 0.29) is 5.91 Å². The molecule has 0 aliphatic rings. The summed E-state index contributed by atoms with van der Waals surface area (Å²) in [6.45, 7) is 1.73. The summed E-state index contributed by atoms with van der Waals surface area (Å²) in [7, 11) is 1.79. The van der Waals surface area contributed by atoms with Gasteiger partial charge in [-0.1, -0.05) is 53.7 Å². The molecule has 0 aliphatic carbocycles. The van der Waals surface area contributed by atoms with Gasteiger partial charge in [-0.15, -0.1) is 0 Å². The highest BCUT2D eigenvalue weighted by molar-refractivity contribution is 6.01. The Hall–Kier alpha value is -3.08. The van der Waals surface area contributed by atoms with Gasteiger partial charge in [0.15, 0.2) is 0 Å². The molecule has 5 heteroatoms. The molecule has 0 spiro atoms. The number of para-hydroxylation sites is 1. The molecule has 5 nitrogen and oxygen atoms in total. The van der Waals surface area contributed by atoms with Crippen LogP contribution in [-0.4, -0.2) is 18.1 Å². The van der Waals surface area contributed by atoms with Crippen LogP contribution in [0.4, 0.5) is 5.69 Å². The van der Waals surface area contributed by atoms with Crippen molar-refractivity contribution in [1.29, 1.82) is 0 Å². The summed E-state index contributed by atoms with van der Waals surface area (Å²) in [6.07, 6.45) is 0. The van der Waals surface area contributed by atoms with Gasteiger partial charge in [0, 0.05) is 12.6 Å². The van der Waals surface area contributed by atoms with Crippen LogP contribution < -0.4 is 10.4 Å². The minimum Gasteiger partial charge on any atom is -0.360 e. The molecular weight excluding hydrogens is 290 g/mol. The van der Waals surface area contributed by atoms with Crippen molar-refractivity contribution in [3.63, 3.8) is 0 Å². The molecule has 23 heavy (non-hydrogen) atoms. The van der Waals surface area contributed by atoms with E-state index in [9.17, 15) is 4.79 Å². The van der Waals surface area contributed by atoms with Crippen molar-refractivity contribution in [1.82, 2.24) is 10.6 Å². The number of carbonyl (C=O) groups excluding carboxylic acids is 1. The third-order valence-electron chi connectivity index (χ3n) is 3.55. The quantitative estimate of drug-likeness (QED) is 0.750. The van der Waals surface area contributed by atoms with Crippen molar-refractivity contribution in [2.75, 3.05) is 12.1 Å². The van der Waals surface area contributed by atoms with Crippen LogP contribution in [0.5, 0.6) is 0 Å². The number of carbonyl (C=O) groups is 1. The molecule has 0 atom stereocenters. The maximum absolute atomic E-state index is 12.7. The number of nitrogens with one attached hydrogen (secondary N) is 1. The van der Waals surface area contributed by atoms with Crippen molar-refractivity contribution in [2.24, 2.45) is 0 Å². The Bertz CT molecular complexity index is 798. The Morgan fingerprint density at radius 2 is 1.65 bits per heavy atom. The molecule has 0 unspecified atom stereocenters. The first-order valence-corrected chi connectivity index (χ1v) is 7.28. The first-order valence-electron chi connectivity index (χ1n) is 7.28. The Balaban J connectivity index is 1.87. The van der Waals surface area contributed by atoms with E-state index in [1.54, 1.807) is 19.0 Å². The molecule has 3 rings (SSSR count). The summed E-state index contributed by atoms with van der Waals surface area (Å²) < 4.78 is 5.23. The molecular formula is C18H17N3O2. The fourth-order valence-electron chi connectivity index (χ4n) is 2.36. The van der Waals surface area contributed by atoms with E-state index in [1.165, 1.54) is 0 Å². The van der Waals surface area contributed by atoms with Crippen molar-refractivity contribution < 1.29 is 9.32 Å². The summed E-state index contributed by atoms with van der Waals surface area (Å²) in [4.78, 5) is 12.7. The maximum Gasteiger partial charge on any atom is 0.275 e. The molecule has 1 aromatic heterocycles. The van der Waals surface area contributed by atoms with Crippen LogP contribution in [0.25, 0.3) is 11.3 Å². The highest BCUT2D eigenvalue weighted by Crippen LogP contribution is 2.25. The Morgan fingerprint density at radius 3 is 2.30 bits per heavy atom. The van der Waals surface area contributed by atoms with Gasteiger partial charge in [0.1, 0.15) is 17.0 Å². The SMILES string of the molecule is Cc1onc(-c2ccccc2)c1C(=O)NN(C)c1ccccc1. The summed E-state index contributed by atoms with van der Waals surface area (Å²) >= 11 is 0. The third kappa shape index (κ3) is 3.08. The van der Waals surface area contributed by atoms with Crippen LogP contribution in [0, 0.1) is 6.92 Å². The Labute approximate surface area is 134 Å². The lowest BCUT2D eigenvalue weighted by Crippen LogP contribution is -2.39. The van der Waals surface area contributed by atoms with E-state index in [2.05, 4.69) is 10.6 Å². The first-order chi connectivity index (χ1) is 11.2. The van der Waals surface area contributed by atoms with Gasteiger partial charge in [-0.3, -0.25) is 15.2 Å². The zero-order valence-electron chi connectivity index (χ0n) is 13.0. The Kier molecular flexibility index (Phi) is 4.10.